The Balaban J connectivity index is 1.86. The molecular formula is C20H17N3. The van der Waals surface area contributed by atoms with Crippen LogP contribution in [0.15, 0.2) is 54.6 Å². The molecule has 0 spiro atoms. The molecule has 1 aliphatic rings. The zero-order chi connectivity index (χ0) is 15.6. The molecule has 0 atom stereocenters. The van der Waals surface area contributed by atoms with Crippen LogP contribution in [0.1, 0.15) is 29.7 Å². The average molecular weight is 299 g/mol. The number of rotatable bonds is 2. The summed E-state index contributed by atoms with van der Waals surface area (Å²) in [6.45, 7) is 0. The molecule has 0 radical (unpaired) electrons. The summed E-state index contributed by atoms with van der Waals surface area (Å²) in [5, 5.41) is 13.7. The van der Waals surface area contributed by atoms with E-state index in [0.717, 1.165) is 23.4 Å². The molecule has 112 valence electrons. The fourth-order valence-corrected chi connectivity index (χ4v) is 3.30. The van der Waals surface area contributed by atoms with Gasteiger partial charge in [0.25, 0.3) is 0 Å². The maximum Gasteiger partial charge on any atom is 0.163 e. The van der Waals surface area contributed by atoms with Crippen LogP contribution in [0.2, 0.25) is 0 Å². The lowest BCUT2D eigenvalue weighted by Crippen LogP contribution is -2.04. The lowest BCUT2D eigenvalue weighted by molar-refractivity contribution is 0.686. The van der Waals surface area contributed by atoms with Crippen LogP contribution in [0.25, 0.3) is 16.9 Å². The highest BCUT2D eigenvalue weighted by atomic mass is 15.3. The Morgan fingerprint density at radius 1 is 0.913 bits per heavy atom. The first kappa shape index (κ1) is 13.8. The summed E-state index contributed by atoms with van der Waals surface area (Å²) in [5.41, 5.74) is 6.42. The van der Waals surface area contributed by atoms with Gasteiger partial charge in [0, 0.05) is 11.6 Å². The number of benzene rings is 2. The van der Waals surface area contributed by atoms with Crippen LogP contribution in [0.3, 0.4) is 0 Å². The predicted octanol–water partition coefficient (Wildman–Crippen LogP) is 4.29. The molecule has 2 aromatic carbocycles. The first-order valence-corrected chi connectivity index (χ1v) is 8.03. The Bertz CT molecular complexity index is 885. The highest BCUT2D eigenvalue weighted by molar-refractivity contribution is 5.65. The number of aromatic nitrogens is 2. The summed E-state index contributed by atoms with van der Waals surface area (Å²) in [4.78, 5) is 0. The van der Waals surface area contributed by atoms with Crippen molar-refractivity contribution in [3.05, 3.63) is 71.4 Å². The molecule has 0 amide bonds. The standard InChI is InChI=1S/C20H17N3/c21-14-18-13-20(23(22-18)19-8-2-1-3-9-19)17-11-10-15-6-4-5-7-16(15)12-17/h1-3,8-13H,4-7H2. The van der Waals surface area contributed by atoms with Gasteiger partial charge in [0.2, 0.25) is 0 Å². The molecule has 1 heterocycles. The van der Waals surface area contributed by atoms with E-state index in [2.05, 4.69) is 29.4 Å². The third kappa shape index (κ3) is 2.53. The Morgan fingerprint density at radius 2 is 1.70 bits per heavy atom. The minimum Gasteiger partial charge on any atom is -0.232 e. The van der Waals surface area contributed by atoms with Crippen molar-refractivity contribution in [1.29, 1.82) is 5.26 Å². The summed E-state index contributed by atoms with van der Waals surface area (Å²) in [6, 6.07) is 20.7. The zero-order valence-corrected chi connectivity index (χ0v) is 12.9. The number of aryl methyl sites for hydroxylation is 2. The van der Waals surface area contributed by atoms with Gasteiger partial charge >= 0.3 is 0 Å². The number of hydrogen-bond donors (Lipinski definition) is 0. The molecule has 1 aromatic heterocycles. The van der Waals surface area contributed by atoms with E-state index in [-0.39, 0.29) is 0 Å². The number of para-hydroxylation sites is 1. The van der Waals surface area contributed by atoms with Gasteiger partial charge in [0.05, 0.1) is 11.4 Å². The molecule has 4 rings (SSSR count). The normalized spacial score (nSPS) is 13.3. The van der Waals surface area contributed by atoms with Crippen LogP contribution in [-0.4, -0.2) is 9.78 Å². The van der Waals surface area contributed by atoms with E-state index in [0.29, 0.717) is 5.69 Å². The van der Waals surface area contributed by atoms with Gasteiger partial charge in [0.15, 0.2) is 5.69 Å². The number of nitrogens with zero attached hydrogens (tertiary/aromatic N) is 3. The van der Waals surface area contributed by atoms with E-state index in [1.54, 1.807) is 0 Å². The van der Waals surface area contributed by atoms with Crippen LogP contribution >= 0.6 is 0 Å². The molecule has 3 nitrogen and oxygen atoms in total. The van der Waals surface area contributed by atoms with Crippen molar-refractivity contribution in [2.24, 2.45) is 0 Å². The Morgan fingerprint density at radius 3 is 2.48 bits per heavy atom. The van der Waals surface area contributed by atoms with Gasteiger partial charge in [-0.2, -0.15) is 10.4 Å². The maximum atomic E-state index is 9.24. The van der Waals surface area contributed by atoms with Crippen LogP contribution in [-0.2, 0) is 12.8 Å². The smallest absolute Gasteiger partial charge is 0.163 e. The second-order valence-electron chi connectivity index (χ2n) is 5.96. The van der Waals surface area contributed by atoms with Gasteiger partial charge in [-0.25, -0.2) is 4.68 Å². The van der Waals surface area contributed by atoms with Crippen molar-refractivity contribution in [3.8, 4) is 23.0 Å². The number of hydrogen-bond acceptors (Lipinski definition) is 2. The monoisotopic (exact) mass is 299 g/mol. The highest BCUT2D eigenvalue weighted by Crippen LogP contribution is 2.29. The van der Waals surface area contributed by atoms with Crippen LogP contribution in [0.4, 0.5) is 0 Å². The quantitative estimate of drug-likeness (QED) is 0.708. The summed E-state index contributed by atoms with van der Waals surface area (Å²) in [6.07, 6.45) is 4.87. The van der Waals surface area contributed by atoms with Gasteiger partial charge < -0.3 is 0 Å². The van der Waals surface area contributed by atoms with E-state index in [1.165, 1.54) is 30.4 Å². The largest absolute Gasteiger partial charge is 0.232 e. The molecule has 0 bridgehead atoms. The molecule has 0 aliphatic heterocycles. The summed E-state index contributed by atoms with van der Waals surface area (Å²) in [5.74, 6) is 0. The van der Waals surface area contributed by atoms with Gasteiger partial charge in [-0.1, -0.05) is 30.3 Å². The summed E-state index contributed by atoms with van der Waals surface area (Å²) >= 11 is 0. The zero-order valence-electron chi connectivity index (χ0n) is 12.9. The van der Waals surface area contributed by atoms with Crippen molar-refractivity contribution < 1.29 is 0 Å². The second kappa shape index (κ2) is 5.73. The van der Waals surface area contributed by atoms with Crippen LogP contribution in [0.5, 0.6) is 0 Å². The Kier molecular flexibility index (Phi) is 3.44. The molecular weight excluding hydrogens is 282 g/mol. The number of fused-ring (bicyclic) bond motifs is 1. The first-order chi connectivity index (χ1) is 11.3. The lowest BCUT2D eigenvalue weighted by atomic mass is 9.90. The molecule has 0 fully saturated rings. The van der Waals surface area contributed by atoms with Crippen molar-refractivity contribution in [2.45, 2.75) is 25.7 Å². The molecule has 0 saturated carbocycles. The predicted molar refractivity (Wildman–Crippen MR) is 90.4 cm³/mol. The number of nitriles is 1. The first-order valence-electron chi connectivity index (χ1n) is 8.03. The molecule has 3 heteroatoms. The van der Waals surface area contributed by atoms with Gasteiger partial charge in [0.1, 0.15) is 6.07 Å². The minimum atomic E-state index is 0.446. The minimum absolute atomic E-state index is 0.446. The topological polar surface area (TPSA) is 41.6 Å². The van der Waals surface area contributed by atoms with E-state index < -0.39 is 0 Å². The molecule has 0 saturated heterocycles. The van der Waals surface area contributed by atoms with Gasteiger partial charge in [-0.3, -0.25) is 0 Å². The Hall–Kier alpha value is -2.86. The fraction of sp³-hybridized carbons (Fsp3) is 0.200. The van der Waals surface area contributed by atoms with Crippen LogP contribution < -0.4 is 0 Å². The van der Waals surface area contributed by atoms with Crippen molar-refractivity contribution >= 4 is 0 Å². The third-order valence-corrected chi connectivity index (χ3v) is 4.47. The molecule has 0 unspecified atom stereocenters. The SMILES string of the molecule is N#Cc1cc(-c2ccc3c(c2)CCCC3)n(-c2ccccc2)n1. The summed E-state index contributed by atoms with van der Waals surface area (Å²) in [7, 11) is 0. The van der Waals surface area contributed by atoms with E-state index in [9.17, 15) is 5.26 Å². The van der Waals surface area contributed by atoms with Crippen molar-refractivity contribution in [1.82, 2.24) is 9.78 Å². The Labute approximate surface area is 135 Å². The second-order valence-corrected chi connectivity index (χ2v) is 5.96. The fourth-order valence-electron chi connectivity index (χ4n) is 3.30. The van der Waals surface area contributed by atoms with E-state index in [4.69, 9.17) is 0 Å². The third-order valence-electron chi connectivity index (χ3n) is 4.47. The molecule has 3 aromatic rings. The lowest BCUT2D eigenvalue weighted by Gasteiger charge is -2.17. The van der Waals surface area contributed by atoms with Crippen molar-refractivity contribution in [3.63, 3.8) is 0 Å². The molecule has 23 heavy (non-hydrogen) atoms. The van der Waals surface area contributed by atoms with Gasteiger partial charge in [-0.15, -0.1) is 0 Å². The van der Waals surface area contributed by atoms with Crippen LogP contribution in [0, 0.1) is 11.3 Å². The maximum absolute atomic E-state index is 9.24. The molecule has 1 aliphatic carbocycles. The average Bonchev–Trinajstić information content (AvgIpc) is 3.06. The van der Waals surface area contributed by atoms with Crippen molar-refractivity contribution in [2.75, 3.05) is 0 Å². The van der Waals surface area contributed by atoms with Gasteiger partial charge in [-0.05, 0) is 55.0 Å². The molecule has 0 N–H and O–H groups in total. The highest BCUT2D eigenvalue weighted by Gasteiger charge is 2.15. The van der Waals surface area contributed by atoms with E-state index >= 15 is 0 Å². The van der Waals surface area contributed by atoms with E-state index in [1.807, 2.05) is 41.1 Å². The summed E-state index contributed by atoms with van der Waals surface area (Å²) < 4.78 is 1.86.